The van der Waals surface area contributed by atoms with Gasteiger partial charge in [-0.05, 0) is 49.7 Å². The second kappa shape index (κ2) is 9.26. The Labute approximate surface area is 176 Å². The lowest BCUT2D eigenvalue weighted by Crippen LogP contribution is -2.33. The van der Waals surface area contributed by atoms with Crippen molar-refractivity contribution in [3.63, 3.8) is 0 Å². The van der Waals surface area contributed by atoms with Crippen LogP contribution in [-0.2, 0) is 4.79 Å². The first kappa shape index (κ1) is 20.3. The molecule has 0 spiro atoms. The molecule has 1 N–H and O–H groups in total. The average molecular weight is 412 g/mol. The molecule has 1 saturated heterocycles. The Morgan fingerprint density at radius 2 is 1.90 bits per heavy atom. The molecule has 2 aliphatic heterocycles. The number of ether oxygens (including phenoxy) is 4. The van der Waals surface area contributed by atoms with Crippen LogP contribution in [0.1, 0.15) is 30.9 Å². The van der Waals surface area contributed by atoms with Gasteiger partial charge in [-0.25, -0.2) is 0 Å². The summed E-state index contributed by atoms with van der Waals surface area (Å²) < 4.78 is 22.3. The van der Waals surface area contributed by atoms with Gasteiger partial charge in [-0.2, -0.15) is 0 Å². The number of rotatable bonds is 6. The molecule has 2 aromatic carbocycles. The molecule has 1 amide bonds. The van der Waals surface area contributed by atoms with Crippen LogP contribution in [0.2, 0.25) is 0 Å². The molecule has 0 aliphatic carbocycles. The standard InChI is InChI=1S/C23H28N2O5/c1-27-17-7-9-20(28-2)18(14-17)19-5-3-10-25(19)15-23(26)24-16-6-8-21-22(13-16)30-12-4-11-29-21/h6-9,13-14,19H,3-5,10-12,15H2,1-2H3,(H,24,26). The van der Waals surface area contributed by atoms with Crippen molar-refractivity contribution >= 4 is 11.6 Å². The van der Waals surface area contributed by atoms with Crippen LogP contribution in [0.5, 0.6) is 23.0 Å². The molecule has 2 aromatic rings. The molecule has 7 nitrogen and oxygen atoms in total. The van der Waals surface area contributed by atoms with E-state index in [0.717, 1.165) is 48.6 Å². The number of likely N-dealkylation sites (tertiary alicyclic amines) is 1. The van der Waals surface area contributed by atoms with Gasteiger partial charge in [0.15, 0.2) is 11.5 Å². The number of carbonyl (C=O) groups excluding carboxylic acids is 1. The molecule has 4 rings (SSSR count). The van der Waals surface area contributed by atoms with Crippen LogP contribution in [0.4, 0.5) is 5.69 Å². The van der Waals surface area contributed by atoms with Crippen molar-refractivity contribution in [3.05, 3.63) is 42.0 Å². The van der Waals surface area contributed by atoms with E-state index < -0.39 is 0 Å². The minimum Gasteiger partial charge on any atom is -0.497 e. The zero-order valence-electron chi connectivity index (χ0n) is 17.5. The second-order valence-electron chi connectivity index (χ2n) is 7.50. The maximum Gasteiger partial charge on any atom is 0.238 e. The largest absolute Gasteiger partial charge is 0.497 e. The molecular formula is C23H28N2O5. The fourth-order valence-corrected chi connectivity index (χ4v) is 4.09. The Hall–Kier alpha value is -2.93. The zero-order chi connectivity index (χ0) is 20.9. The van der Waals surface area contributed by atoms with Gasteiger partial charge in [-0.1, -0.05) is 0 Å². The summed E-state index contributed by atoms with van der Waals surface area (Å²) in [4.78, 5) is 15.0. The van der Waals surface area contributed by atoms with Crippen molar-refractivity contribution in [1.29, 1.82) is 0 Å². The van der Waals surface area contributed by atoms with Crippen LogP contribution in [0, 0.1) is 0 Å². The summed E-state index contributed by atoms with van der Waals surface area (Å²) in [7, 11) is 3.32. The molecule has 2 aliphatic rings. The molecule has 7 heteroatoms. The van der Waals surface area contributed by atoms with Gasteiger partial charge in [-0.15, -0.1) is 0 Å². The summed E-state index contributed by atoms with van der Waals surface area (Å²) in [5.41, 5.74) is 1.76. The zero-order valence-corrected chi connectivity index (χ0v) is 17.5. The van der Waals surface area contributed by atoms with Gasteiger partial charge in [0.05, 0.1) is 34.0 Å². The van der Waals surface area contributed by atoms with Gasteiger partial charge in [0.2, 0.25) is 5.91 Å². The predicted molar refractivity (Wildman–Crippen MR) is 114 cm³/mol. The molecule has 0 saturated carbocycles. The number of hydrogen-bond acceptors (Lipinski definition) is 6. The minimum atomic E-state index is -0.0572. The van der Waals surface area contributed by atoms with Gasteiger partial charge in [-0.3, -0.25) is 9.69 Å². The highest BCUT2D eigenvalue weighted by Crippen LogP contribution is 2.39. The molecule has 1 atom stereocenters. The van der Waals surface area contributed by atoms with Crippen LogP contribution in [0.3, 0.4) is 0 Å². The van der Waals surface area contributed by atoms with E-state index in [1.807, 2.05) is 36.4 Å². The van der Waals surface area contributed by atoms with E-state index >= 15 is 0 Å². The van der Waals surface area contributed by atoms with Crippen LogP contribution >= 0.6 is 0 Å². The highest BCUT2D eigenvalue weighted by atomic mass is 16.5. The first-order chi connectivity index (χ1) is 14.7. The molecule has 2 heterocycles. The highest BCUT2D eigenvalue weighted by molar-refractivity contribution is 5.92. The summed E-state index contributed by atoms with van der Waals surface area (Å²) >= 11 is 0. The highest BCUT2D eigenvalue weighted by Gasteiger charge is 2.30. The summed E-state index contributed by atoms with van der Waals surface area (Å²) in [5, 5.41) is 2.99. The average Bonchev–Trinajstić information content (AvgIpc) is 3.08. The lowest BCUT2D eigenvalue weighted by molar-refractivity contribution is -0.117. The van der Waals surface area contributed by atoms with E-state index in [1.165, 1.54) is 0 Å². The third-order valence-corrected chi connectivity index (χ3v) is 5.54. The van der Waals surface area contributed by atoms with Gasteiger partial charge in [0, 0.05) is 29.8 Å². The number of nitrogens with one attached hydrogen (secondary N) is 1. The van der Waals surface area contributed by atoms with Crippen molar-refractivity contribution in [2.45, 2.75) is 25.3 Å². The van der Waals surface area contributed by atoms with Crippen molar-refractivity contribution in [1.82, 2.24) is 4.90 Å². The van der Waals surface area contributed by atoms with Crippen LogP contribution in [-0.4, -0.2) is 51.3 Å². The maximum atomic E-state index is 12.8. The molecule has 0 radical (unpaired) electrons. The first-order valence-corrected chi connectivity index (χ1v) is 10.3. The minimum absolute atomic E-state index is 0.0572. The van der Waals surface area contributed by atoms with Gasteiger partial charge in [0.25, 0.3) is 0 Å². The summed E-state index contributed by atoms with van der Waals surface area (Å²) in [6.07, 6.45) is 2.85. The van der Waals surface area contributed by atoms with Crippen LogP contribution in [0.25, 0.3) is 0 Å². The SMILES string of the molecule is COc1ccc(OC)c(C2CCCN2CC(=O)Nc2ccc3c(c2)OCCCO3)c1. The van der Waals surface area contributed by atoms with Crippen molar-refractivity contribution in [2.24, 2.45) is 0 Å². The Morgan fingerprint density at radius 1 is 1.07 bits per heavy atom. The van der Waals surface area contributed by atoms with Crippen molar-refractivity contribution in [3.8, 4) is 23.0 Å². The molecule has 1 fully saturated rings. The molecule has 30 heavy (non-hydrogen) atoms. The predicted octanol–water partition coefficient (Wildman–Crippen LogP) is 3.64. The van der Waals surface area contributed by atoms with Gasteiger partial charge in [0.1, 0.15) is 11.5 Å². The van der Waals surface area contributed by atoms with Crippen molar-refractivity contribution < 1.29 is 23.7 Å². The number of benzene rings is 2. The number of carbonyl (C=O) groups is 1. The van der Waals surface area contributed by atoms with E-state index in [0.29, 0.717) is 31.2 Å². The number of nitrogens with zero attached hydrogens (tertiary/aromatic N) is 1. The first-order valence-electron chi connectivity index (χ1n) is 10.3. The summed E-state index contributed by atoms with van der Waals surface area (Å²) in [5.74, 6) is 2.93. The summed E-state index contributed by atoms with van der Waals surface area (Å²) in [6, 6.07) is 11.4. The number of hydrogen-bond donors (Lipinski definition) is 1. The monoisotopic (exact) mass is 412 g/mol. The molecule has 0 bridgehead atoms. The van der Waals surface area contributed by atoms with E-state index in [4.69, 9.17) is 18.9 Å². The molecule has 1 unspecified atom stereocenters. The van der Waals surface area contributed by atoms with Gasteiger partial charge >= 0.3 is 0 Å². The fourth-order valence-electron chi connectivity index (χ4n) is 4.09. The van der Waals surface area contributed by atoms with E-state index in [9.17, 15) is 4.79 Å². The third-order valence-electron chi connectivity index (χ3n) is 5.54. The lowest BCUT2D eigenvalue weighted by Gasteiger charge is -2.26. The van der Waals surface area contributed by atoms with Crippen molar-refractivity contribution in [2.75, 3.05) is 45.8 Å². The summed E-state index contributed by atoms with van der Waals surface area (Å²) in [6.45, 7) is 2.42. The Balaban J connectivity index is 1.45. The smallest absolute Gasteiger partial charge is 0.238 e. The Kier molecular flexibility index (Phi) is 6.28. The van der Waals surface area contributed by atoms with E-state index in [2.05, 4.69) is 10.2 Å². The number of amides is 1. The number of methoxy groups -OCH3 is 2. The van der Waals surface area contributed by atoms with E-state index in [1.54, 1.807) is 14.2 Å². The Bertz CT molecular complexity index is 901. The quantitative estimate of drug-likeness (QED) is 0.781. The fraction of sp³-hybridized carbons (Fsp3) is 0.435. The third kappa shape index (κ3) is 4.46. The van der Waals surface area contributed by atoms with Gasteiger partial charge < -0.3 is 24.3 Å². The lowest BCUT2D eigenvalue weighted by atomic mass is 10.0. The second-order valence-corrected chi connectivity index (χ2v) is 7.50. The van der Waals surface area contributed by atoms with Crippen LogP contribution in [0.15, 0.2) is 36.4 Å². The van der Waals surface area contributed by atoms with E-state index in [-0.39, 0.29) is 11.9 Å². The topological polar surface area (TPSA) is 69.3 Å². The normalized spacial score (nSPS) is 18.5. The maximum absolute atomic E-state index is 12.8. The Morgan fingerprint density at radius 3 is 2.70 bits per heavy atom. The number of anilines is 1. The van der Waals surface area contributed by atoms with Crippen LogP contribution < -0.4 is 24.3 Å². The molecule has 0 aromatic heterocycles. The molecule has 160 valence electrons. The molecular weight excluding hydrogens is 384 g/mol. The number of fused-ring (bicyclic) bond motifs is 1.